The molecule has 0 heterocycles. The minimum absolute atomic E-state index is 0. The van der Waals surface area contributed by atoms with E-state index in [0.717, 1.165) is 12.8 Å². The maximum atomic E-state index is 11.8. The molecular formula is C18H36N2O5. The molecule has 0 radical (unpaired) electrons. The maximum absolute atomic E-state index is 11.8. The third-order valence-corrected chi connectivity index (χ3v) is 4.19. The standard InChI is InChI=1S/C18H32N2O5.2H2/c1-4-24-8-5-16(21)19-7-10-25-9-6-17(22)20-15-11-14(12-15)18(23)13(2)3;;/h13-15H,4-12H2,1-3H3,(H,19,21)(H,20,22);2*1H. The van der Waals surface area contributed by atoms with Crippen molar-refractivity contribution in [2.24, 2.45) is 11.8 Å². The SMILES string of the molecule is CCOCCC(=O)NCCOCCC(=O)NC1CC(C(=O)C(C)C)C1.[HH].[HH]. The minimum Gasteiger partial charge on any atom is -0.381 e. The first kappa shape index (κ1) is 21.6. The van der Waals surface area contributed by atoms with Crippen LogP contribution in [-0.2, 0) is 23.9 Å². The second-order valence-corrected chi connectivity index (χ2v) is 6.65. The molecule has 1 rings (SSSR count). The molecule has 0 aromatic heterocycles. The third-order valence-electron chi connectivity index (χ3n) is 4.19. The van der Waals surface area contributed by atoms with E-state index < -0.39 is 0 Å². The van der Waals surface area contributed by atoms with Gasteiger partial charge in [-0.05, 0) is 19.8 Å². The van der Waals surface area contributed by atoms with E-state index in [0.29, 0.717) is 39.4 Å². The zero-order chi connectivity index (χ0) is 18.7. The molecule has 0 aliphatic heterocycles. The van der Waals surface area contributed by atoms with Crippen molar-refractivity contribution in [3.8, 4) is 0 Å². The van der Waals surface area contributed by atoms with Gasteiger partial charge >= 0.3 is 0 Å². The summed E-state index contributed by atoms with van der Waals surface area (Å²) < 4.78 is 10.4. The topological polar surface area (TPSA) is 93.7 Å². The van der Waals surface area contributed by atoms with E-state index in [1.807, 2.05) is 20.8 Å². The summed E-state index contributed by atoms with van der Waals surface area (Å²) in [5.41, 5.74) is 0. The highest BCUT2D eigenvalue weighted by Crippen LogP contribution is 2.30. The summed E-state index contributed by atoms with van der Waals surface area (Å²) in [6.07, 6.45) is 2.13. The number of carbonyl (C=O) groups is 3. The number of carbonyl (C=O) groups excluding carboxylic acids is 3. The van der Waals surface area contributed by atoms with Gasteiger partial charge in [-0.3, -0.25) is 14.4 Å². The number of hydrogen-bond donors (Lipinski definition) is 2. The van der Waals surface area contributed by atoms with Crippen LogP contribution in [0.2, 0.25) is 0 Å². The van der Waals surface area contributed by atoms with Crippen molar-refractivity contribution in [1.29, 1.82) is 0 Å². The molecule has 0 unspecified atom stereocenters. The van der Waals surface area contributed by atoms with Crippen LogP contribution >= 0.6 is 0 Å². The number of nitrogens with one attached hydrogen (secondary N) is 2. The third kappa shape index (κ3) is 8.97. The monoisotopic (exact) mass is 360 g/mol. The van der Waals surface area contributed by atoms with Crippen LogP contribution in [0, 0.1) is 11.8 Å². The molecule has 7 nitrogen and oxygen atoms in total. The Morgan fingerprint density at radius 2 is 1.68 bits per heavy atom. The predicted molar refractivity (Wildman–Crippen MR) is 98.3 cm³/mol. The van der Waals surface area contributed by atoms with Crippen LogP contribution in [0.4, 0.5) is 0 Å². The summed E-state index contributed by atoms with van der Waals surface area (Å²) >= 11 is 0. The quantitative estimate of drug-likeness (QED) is 0.486. The largest absolute Gasteiger partial charge is 0.381 e. The Kier molecular flexibility index (Phi) is 10.3. The van der Waals surface area contributed by atoms with E-state index in [2.05, 4.69) is 10.6 Å². The lowest BCUT2D eigenvalue weighted by atomic mass is 9.75. The molecule has 25 heavy (non-hydrogen) atoms. The molecule has 1 saturated carbocycles. The normalized spacial score (nSPS) is 19.4. The molecule has 2 amide bonds. The molecule has 1 aliphatic carbocycles. The Balaban J connectivity index is 0. The Morgan fingerprint density at radius 1 is 1.04 bits per heavy atom. The number of ketones is 1. The number of Topliss-reactive ketones (excluding diaryl/α,β-unsaturated/α-hetero) is 1. The molecular weight excluding hydrogens is 324 g/mol. The average Bonchev–Trinajstić information content (AvgIpc) is 2.53. The molecule has 0 bridgehead atoms. The first-order valence-electron chi connectivity index (χ1n) is 9.19. The predicted octanol–water partition coefficient (Wildman–Crippen LogP) is 1.55. The van der Waals surface area contributed by atoms with E-state index >= 15 is 0 Å². The van der Waals surface area contributed by atoms with Crippen molar-refractivity contribution in [3.63, 3.8) is 0 Å². The lowest BCUT2D eigenvalue weighted by molar-refractivity contribution is -0.131. The van der Waals surface area contributed by atoms with Gasteiger partial charge in [0.25, 0.3) is 0 Å². The van der Waals surface area contributed by atoms with Gasteiger partial charge in [0.1, 0.15) is 5.78 Å². The lowest BCUT2D eigenvalue weighted by Crippen LogP contribution is -2.47. The van der Waals surface area contributed by atoms with Gasteiger partial charge in [0.15, 0.2) is 0 Å². The zero-order valence-corrected chi connectivity index (χ0v) is 15.6. The molecule has 1 fully saturated rings. The smallest absolute Gasteiger partial charge is 0.222 e. The van der Waals surface area contributed by atoms with Crippen LogP contribution in [0.25, 0.3) is 0 Å². The van der Waals surface area contributed by atoms with Gasteiger partial charge in [-0.2, -0.15) is 0 Å². The summed E-state index contributed by atoms with van der Waals surface area (Å²) in [5.74, 6) is 0.339. The number of rotatable bonds is 13. The summed E-state index contributed by atoms with van der Waals surface area (Å²) in [7, 11) is 0. The van der Waals surface area contributed by atoms with Crippen molar-refractivity contribution in [2.75, 3.05) is 33.0 Å². The van der Waals surface area contributed by atoms with Gasteiger partial charge in [-0.25, -0.2) is 0 Å². The fraction of sp³-hybridized carbons (Fsp3) is 0.833. The summed E-state index contributed by atoms with van der Waals surface area (Å²) in [5, 5.41) is 5.65. The molecule has 0 atom stereocenters. The van der Waals surface area contributed by atoms with E-state index in [-0.39, 0.29) is 44.7 Å². The molecule has 0 saturated heterocycles. The second kappa shape index (κ2) is 12.0. The molecule has 0 aromatic carbocycles. The second-order valence-electron chi connectivity index (χ2n) is 6.65. The van der Waals surface area contributed by atoms with Crippen molar-refractivity contribution >= 4 is 17.6 Å². The lowest BCUT2D eigenvalue weighted by Gasteiger charge is -2.35. The minimum atomic E-state index is -0.0646. The van der Waals surface area contributed by atoms with Crippen molar-refractivity contribution in [2.45, 2.75) is 52.5 Å². The molecule has 0 aromatic rings. The van der Waals surface area contributed by atoms with Gasteiger partial charge in [0, 0.05) is 46.7 Å². The first-order chi connectivity index (χ1) is 11.9. The van der Waals surface area contributed by atoms with Crippen LogP contribution < -0.4 is 10.6 Å². The number of amides is 2. The molecule has 2 N–H and O–H groups in total. The van der Waals surface area contributed by atoms with Crippen molar-refractivity contribution < 1.29 is 26.7 Å². The van der Waals surface area contributed by atoms with Crippen molar-refractivity contribution in [3.05, 3.63) is 0 Å². The highest BCUT2D eigenvalue weighted by Gasteiger charge is 2.35. The van der Waals surface area contributed by atoms with Gasteiger partial charge in [-0.1, -0.05) is 13.8 Å². The molecule has 0 spiro atoms. The number of hydrogen-bond acceptors (Lipinski definition) is 5. The van der Waals surface area contributed by atoms with E-state index in [4.69, 9.17) is 9.47 Å². The van der Waals surface area contributed by atoms with E-state index in [1.54, 1.807) is 0 Å². The zero-order valence-electron chi connectivity index (χ0n) is 15.6. The summed E-state index contributed by atoms with van der Waals surface area (Å²) in [4.78, 5) is 35.0. The highest BCUT2D eigenvalue weighted by atomic mass is 16.5. The Hall–Kier alpha value is -1.47. The fourth-order valence-electron chi connectivity index (χ4n) is 2.67. The van der Waals surface area contributed by atoms with Crippen LogP contribution in [-0.4, -0.2) is 56.6 Å². The average molecular weight is 360 g/mol. The van der Waals surface area contributed by atoms with Crippen LogP contribution in [0.15, 0.2) is 0 Å². The molecule has 1 aliphatic rings. The van der Waals surface area contributed by atoms with Crippen molar-refractivity contribution in [1.82, 2.24) is 10.6 Å². The van der Waals surface area contributed by atoms with Gasteiger partial charge in [0.05, 0.1) is 19.8 Å². The summed E-state index contributed by atoms with van der Waals surface area (Å²) in [6.45, 7) is 7.86. The van der Waals surface area contributed by atoms with Gasteiger partial charge < -0.3 is 20.1 Å². The first-order valence-corrected chi connectivity index (χ1v) is 9.19. The molecule has 148 valence electrons. The summed E-state index contributed by atoms with van der Waals surface area (Å²) in [6, 6.07) is 0.116. The molecule has 7 heteroatoms. The van der Waals surface area contributed by atoms with Gasteiger partial charge in [-0.15, -0.1) is 0 Å². The van der Waals surface area contributed by atoms with E-state index in [1.165, 1.54) is 0 Å². The highest BCUT2D eigenvalue weighted by molar-refractivity contribution is 5.84. The fourth-order valence-corrected chi connectivity index (χ4v) is 2.67. The Bertz CT molecular complexity index is 443. The maximum Gasteiger partial charge on any atom is 0.222 e. The van der Waals surface area contributed by atoms with Crippen LogP contribution in [0.5, 0.6) is 0 Å². The number of ether oxygens (including phenoxy) is 2. The van der Waals surface area contributed by atoms with Gasteiger partial charge in [0.2, 0.25) is 11.8 Å². The van der Waals surface area contributed by atoms with Crippen LogP contribution in [0.3, 0.4) is 0 Å². The Labute approximate surface area is 153 Å². The van der Waals surface area contributed by atoms with Crippen LogP contribution in [0.1, 0.15) is 49.3 Å². The van der Waals surface area contributed by atoms with E-state index in [9.17, 15) is 14.4 Å². The Morgan fingerprint density at radius 3 is 2.32 bits per heavy atom.